The summed E-state index contributed by atoms with van der Waals surface area (Å²) in [6.45, 7) is 6.08. The molecule has 1 unspecified atom stereocenters. The Morgan fingerprint density at radius 2 is 2.25 bits per heavy atom. The predicted octanol–water partition coefficient (Wildman–Crippen LogP) is 2.51. The molecule has 0 amide bonds. The molecule has 2 rings (SSSR count). The van der Waals surface area contributed by atoms with Gasteiger partial charge < -0.3 is 10.1 Å². The highest BCUT2D eigenvalue weighted by Gasteiger charge is 2.12. The lowest BCUT2D eigenvalue weighted by molar-refractivity contribution is 0.0780. The molecule has 1 fully saturated rings. The molecule has 1 aliphatic rings. The van der Waals surface area contributed by atoms with Crippen molar-refractivity contribution in [3.8, 4) is 0 Å². The van der Waals surface area contributed by atoms with Crippen molar-refractivity contribution in [1.82, 2.24) is 5.32 Å². The molecule has 1 atom stereocenters. The molecule has 88 valence electrons. The number of hydrogen-bond donors (Lipinski definition) is 1. The molecule has 0 aromatic heterocycles. The number of aryl methyl sites for hydroxylation is 1. The highest BCUT2D eigenvalue weighted by Crippen LogP contribution is 2.13. The molecule has 0 radical (unpaired) electrons. The maximum Gasteiger partial charge on any atom is 0.0719 e. The van der Waals surface area contributed by atoms with E-state index in [9.17, 15) is 0 Å². The van der Waals surface area contributed by atoms with Crippen LogP contribution < -0.4 is 5.32 Å². The Bertz CT molecular complexity index is 318. The van der Waals surface area contributed by atoms with Gasteiger partial charge in [-0.25, -0.2) is 0 Å². The van der Waals surface area contributed by atoms with Gasteiger partial charge in [0.2, 0.25) is 0 Å². The fourth-order valence-electron chi connectivity index (χ4n) is 2.17. The first-order valence-electron chi connectivity index (χ1n) is 6.19. The third kappa shape index (κ3) is 3.32. The molecule has 1 N–H and O–H groups in total. The van der Waals surface area contributed by atoms with Gasteiger partial charge in [0.25, 0.3) is 0 Å². The minimum atomic E-state index is 0.706. The van der Waals surface area contributed by atoms with Crippen LogP contribution in [0.15, 0.2) is 24.3 Å². The second-order valence-corrected chi connectivity index (χ2v) is 4.65. The molecule has 2 heteroatoms. The molecule has 0 saturated carbocycles. The van der Waals surface area contributed by atoms with Crippen molar-refractivity contribution in [2.24, 2.45) is 5.92 Å². The second-order valence-electron chi connectivity index (χ2n) is 4.65. The largest absolute Gasteiger partial charge is 0.376 e. The second kappa shape index (κ2) is 6.02. The van der Waals surface area contributed by atoms with Crippen molar-refractivity contribution in [2.75, 3.05) is 19.7 Å². The summed E-state index contributed by atoms with van der Waals surface area (Å²) >= 11 is 0. The average Bonchev–Trinajstić information content (AvgIpc) is 2.33. The van der Waals surface area contributed by atoms with Crippen LogP contribution in [0.2, 0.25) is 0 Å². The molecule has 0 spiro atoms. The molecule has 2 nitrogen and oxygen atoms in total. The molecule has 16 heavy (non-hydrogen) atoms. The van der Waals surface area contributed by atoms with Crippen molar-refractivity contribution in [1.29, 1.82) is 0 Å². The summed E-state index contributed by atoms with van der Waals surface area (Å²) < 4.78 is 5.80. The molecular weight excluding hydrogens is 198 g/mol. The van der Waals surface area contributed by atoms with E-state index in [0.717, 1.165) is 19.8 Å². The molecular formula is C14H21NO. The monoisotopic (exact) mass is 219 g/mol. The van der Waals surface area contributed by atoms with Gasteiger partial charge in [-0.1, -0.05) is 24.3 Å². The van der Waals surface area contributed by atoms with Gasteiger partial charge in [-0.05, 0) is 43.4 Å². The van der Waals surface area contributed by atoms with Crippen LogP contribution in [0.5, 0.6) is 0 Å². The first-order chi connectivity index (χ1) is 7.86. The fourth-order valence-corrected chi connectivity index (χ4v) is 2.17. The van der Waals surface area contributed by atoms with Crippen LogP contribution in [0.25, 0.3) is 0 Å². The van der Waals surface area contributed by atoms with Crippen LogP contribution in [0.1, 0.15) is 24.0 Å². The van der Waals surface area contributed by atoms with Gasteiger partial charge in [0.1, 0.15) is 0 Å². The number of ether oxygens (including phenoxy) is 1. The lowest BCUT2D eigenvalue weighted by Crippen LogP contribution is -2.32. The summed E-state index contributed by atoms with van der Waals surface area (Å²) in [6.07, 6.45) is 2.60. The van der Waals surface area contributed by atoms with Crippen molar-refractivity contribution in [2.45, 2.75) is 26.4 Å². The van der Waals surface area contributed by atoms with Gasteiger partial charge in [-0.2, -0.15) is 0 Å². The number of benzene rings is 1. The first kappa shape index (κ1) is 11.6. The Balaban J connectivity index is 1.73. The molecule has 1 heterocycles. The lowest BCUT2D eigenvalue weighted by atomic mass is 10.0. The summed E-state index contributed by atoms with van der Waals surface area (Å²) in [5.74, 6) is 0.706. The maximum atomic E-state index is 5.80. The number of piperidine rings is 1. The predicted molar refractivity (Wildman–Crippen MR) is 66.4 cm³/mol. The van der Waals surface area contributed by atoms with E-state index in [1.165, 1.54) is 30.5 Å². The van der Waals surface area contributed by atoms with Gasteiger partial charge in [-0.15, -0.1) is 0 Å². The van der Waals surface area contributed by atoms with E-state index in [4.69, 9.17) is 4.74 Å². The van der Waals surface area contributed by atoms with E-state index in [1.54, 1.807) is 0 Å². The zero-order chi connectivity index (χ0) is 11.2. The Morgan fingerprint density at radius 3 is 3.00 bits per heavy atom. The Labute approximate surface area is 98.0 Å². The minimum Gasteiger partial charge on any atom is -0.376 e. The van der Waals surface area contributed by atoms with Crippen LogP contribution in [-0.4, -0.2) is 19.7 Å². The van der Waals surface area contributed by atoms with E-state index in [0.29, 0.717) is 5.92 Å². The highest BCUT2D eigenvalue weighted by molar-refractivity contribution is 5.24. The molecule has 0 aliphatic carbocycles. The van der Waals surface area contributed by atoms with Gasteiger partial charge >= 0.3 is 0 Å². The van der Waals surface area contributed by atoms with E-state index in [1.807, 2.05) is 0 Å². The van der Waals surface area contributed by atoms with E-state index >= 15 is 0 Å². The maximum absolute atomic E-state index is 5.80. The molecule has 1 aromatic rings. The smallest absolute Gasteiger partial charge is 0.0719 e. The van der Waals surface area contributed by atoms with Crippen molar-refractivity contribution >= 4 is 0 Å². The number of rotatable bonds is 4. The minimum absolute atomic E-state index is 0.706. The summed E-state index contributed by atoms with van der Waals surface area (Å²) in [4.78, 5) is 0. The van der Waals surface area contributed by atoms with E-state index in [-0.39, 0.29) is 0 Å². The number of nitrogens with one attached hydrogen (secondary N) is 1. The third-order valence-electron chi connectivity index (χ3n) is 3.27. The average molecular weight is 219 g/mol. The number of hydrogen-bond acceptors (Lipinski definition) is 2. The topological polar surface area (TPSA) is 21.3 Å². The third-order valence-corrected chi connectivity index (χ3v) is 3.27. The first-order valence-corrected chi connectivity index (χ1v) is 6.19. The van der Waals surface area contributed by atoms with Crippen molar-refractivity contribution in [3.05, 3.63) is 35.4 Å². The van der Waals surface area contributed by atoms with Crippen LogP contribution in [-0.2, 0) is 11.3 Å². The molecule has 1 aliphatic heterocycles. The summed E-state index contributed by atoms with van der Waals surface area (Å²) in [5.41, 5.74) is 2.63. The van der Waals surface area contributed by atoms with Crippen LogP contribution in [0, 0.1) is 12.8 Å². The SMILES string of the molecule is Cc1ccccc1COCC1CCCNC1. The molecule has 0 bridgehead atoms. The standard InChI is InChI=1S/C14H21NO/c1-12-5-2-3-7-14(12)11-16-10-13-6-4-8-15-9-13/h2-3,5,7,13,15H,4,6,8-11H2,1H3. The van der Waals surface area contributed by atoms with Crippen molar-refractivity contribution in [3.63, 3.8) is 0 Å². The molecule has 1 saturated heterocycles. The van der Waals surface area contributed by atoms with Crippen LogP contribution in [0.3, 0.4) is 0 Å². The van der Waals surface area contributed by atoms with Gasteiger partial charge in [0, 0.05) is 6.54 Å². The van der Waals surface area contributed by atoms with Crippen LogP contribution >= 0.6 is 0 Å². The normalized spacial score (nSPS) is 20.9. The summed E-state index contributed by atoms with van der Waals surface area (Å²) in [6, 6.07) is 8.44. The van der Waals surface area contributed by atoms with Crippen molar-refractivity contribution < 1.29 is 4.74 Å². The quantitative estimate of drug-likeness (QED) is 0.840. The summed E-state index contributed by atoms with van der Waals surface area (Å²) in [5, 5.41) is 3.41. The Hall–Kier alpha value is -0.860. The Morgan fingerprint density at radius 1 is 1.38 bits per heavy atom. The van der Waals surface area contributed by atoms with E-state index < -0.39 is 0 Å². The fraction of sp³-hybridized carbons (Fsp3) is 0.571. The Kier molecular flexibility index (Phi) is 4.37. The van der Waals surface area contributed by atoms with Gasteiger partial charge in [0.05, 0.1) is 13.2 Å². The zero-order valence-corrected chi connectivity index (χ0v) is 10.0. The van der Waals surface area contributed by atoms with Crippen LogP contribution in [0.4, 0.5) is 0 Å². The zero-order valence-electron chi connectivity index (χ0n) is 10.0. The van der Waals surface area contributed by atoms with E-state index in [2.05, 4.69) is 36.5 Å². The van der Waals surface area contributed by atoms with Gasteiger partial charge in [0.15, 0.2) is 0 Å². The summed E-state index contributed by atoms with van der Waals surface area (Å²) in [7, 11) is 0. The molecule has 1 aromatic carbocycles. The van der Waals surface area contributed by atoms with Gasteiger partial charge in [-0.3, -0.25) is 0 Å². The highest BCUT2D eigenvalue weighted by atomic mass is 16.5. The lowest BCUT2D eigenvalue weighted by Gasteiger charge is -2.22.